The zero-order chi connectivity index (χ0) is 26.4. The van der Waals surface area contributed by atoms with E-state index in [4.69, 9.17) is 0 Å². The first-order chi connectivity index (χ1) is 17.8. The summed E-state index contributed by atoms with van der Waals surface area (Å²) in [5.74, 6) is -1.39. The Morgan fingerprint density at radius 1 is 1.14 bits per heavy atom. The highest BCUT2D eigenvalue weighted by Gasteiger charge is 2.31. The molecule has 0 aromatic heterocycles. The molecule has 0 saturated heterocycles. The van der Waals surface area contributed by atoms with Gasteiger partial charge in [-0.05, 0) is 49.6 Å². The molecule has 2 aromatic rings. The molecule has 0 aliphatic carbocycles. The number of carbonyl (C=O) groups is 3. The van der Waals surface area contributed by atoms with Gasteiger partial charge in [0.25, 0.3) is 5.91 Å². The number of aliphatic carboxylic acids is 1. The topological polar surface area (TPSA) is 93.2 Å². The molecule has 2 amide bonds. The second-order valence-electron chi connectivity index (χ2n) is 10.0. The van der Waals surface area contributed by atoms with Crippen molar-refractivity contribution >= 4 is 23.5 Å². The van der Waals surface area contributed by atoms with Gasteiger partial charge in [-0.25, -0.2) is 0 Å². The van der Waals surface area contributed by atoms with Crippen molar-refractivity contribution < 1.29 is 19.5 Å². The highest BCUT2D eigenvalue weighted by molar-refractivity contribution is 5.96. The molecule has 0 saturated carbocycles. The molecule has 0 radical (unpaired) electrons. The van der Waals surface area contributed by atoms with Crippen molar-refractivity contribution in [2.45, 2.75) is 38.3 Å². The Hall–Kier alpha value is -3.65. The minimum Gasteiger partial charge on any atom is -0.481 e. The minimum atomic E-state index is -1.05. The van der Waals surface area contributed by atoms with E-state index in [1.807, 2.05) is 36.4 Å². The van der Waals surface area contributed by atoms with Crippen LogP contribution < -0.4 is 5.32 Å². The van der Waals surface area contributed by atoms with Crippen LogP contribution in [0.1, 0.15) is 40.7 Å². The predicted octanol–water partition coefficient (Wildman–Crippen LogP) is 3.25. The Bertz CT molecular complexity index is 1160. The van der Waals surface area contributed by atoms with Crippen LogP contribution in [-0.4, -0.2) is 83.9 Å². The highest BCUT2D eigenvalue weighted by atomic mass is 16.4. The maximum Gasteiger partial charge on any atom is 0.305 e. The lowest BCUT2D eigenvalue weighted by atomic mass is 10.0. The molecule has 8 heteroatoms. The molecule has 0 unspecified atom stereocenters. The average Bonchev–Trinajstić information content (AvgIpc) is 3.02. The zero-order valence-electron chi connectivity index (χ0n) is 21.7. The van der Waals surface area contributed by atoms with Gasteiger partial charge in [-0.1, -0.05) is 48.0 Å². The molecule has 2 aliphatic heterocycles. The number of amides is 2. The molecule has 2 aromatic carbocycles. The maximum absolute atomic E-state index is 13.3. The van der Waals surface area contributed by atoms with E-state index in [0.29, 0.717) is 37.3 Å². The van der Waals surface area contributed by atoms with Crippen molar-refractivity contribution in [3.63, 3.8) is 0 Å². The van der Waals surface area contributed by atoms with Crippen molar-refractivity contribution in [3.8, 4) is 0 Å². The number of hydrogen-bond donors (Lipinski definition) is 2. The molecule has 37 heavy (non-hydrogen) atoms. The third-order valence-electron chi connectivity index (χ3n) is 7.17. The van der Waals surface area contributed by atoms with Crippen molar-refractivity contribution in [1.82, 2.24) is 14.7 Å². The molecule has 2 heterocycles. The third kappa shape index (κ3) is 6.98. The summed E-state index contributed by atoms with van der Waals surface area (Å²) in [6.07, 6.45) is 4.47. The van der Waals surface area contributed by atoms with Gasteiger partial charge in [0.15, 0.2) is 0 Å². The second kappa shape index (κ2) is 12.1. The lowest BCUT2D eigenvalue weighted by Gasteiger charge is -2.24. The van der Waals surface area contributed by atoms with Crippen LogP contribution in [0.15, 0.2) is 60.2 Å². The first-order valence-corrected chi connectivity index (χ1v) is 12.9. The fraction of sp³-hybridized carbons (Fsp3) is 0.414. The van der Waals surface area contributed by atoms with Crippen LogP contribution in [0.3, 0.4) is 0 Å². The number of carboxylic acids is 1. The number of nitrogens with one attached hydrogen (secondary N) is 1. The molecule has 2 aliphatic rings. The minimum absolute atomic E-state index is 0.0931. The Kier molecular flexibility index (Phi) is 8.61. The number of nitrogens with zero attached hydrogens (tertiary/aromatic N) is 3. The molecule has 4 rings (SSSR count). The van der Waals surface area contributed by atoms with E-state index in [1.165, 1.54) is 5.57 Å². The SMILES string of the molecule is CN1CC=C(CCN(C)C(=O)c2ccc3c(c2)N[C@H](CC(=O)O)C(=O)N(CCc2ccccc2)C3)CC1. The van der Waals surface area contributed by atoms with Gasteiger partial charge in [0.1, 0.15) is 6.04 Å². The van der Waals surface area contributed by atoms with Crippen LogP contribution in [0.5, 0.6) is 0 Å². The molecule has 0 spiro atoms. The molecular weight excluding hydrogens is 468 g/mol. The Balaban J connectivity index is 1.48. The molecule has 2 N–H and O–H groups in total. The van der Waals surface area contributed by atoms with Crippen LogP contribution >= 0.6 is 0 Å². The lowest BCUT2D eigenvalue weighted by Crippen LogP contribution is -2.42. The van der Waals surface area contributed by atoms with E-state index >= 15 is 0 Å². The van der Waals surface area contributed by atoms with Crippen molar-refractivity contribution in [2.24, 2.45) is 0 Å². The van der Waals surface area contributed by atoms with Crippen LogP contribution in [-0.2, 0) is 22.6 Å². The number of fused-ring (bicyclic) bond motifs is 1. The zero-order valence-corrected chi connectivity index (χ0v) is 21.7. The Morgan fingerprint density at radius 3 is 2.62 bits per heavy atom. The van der Waals surface area contributed by atoms with E-state index in [1.54, 1.807) is 29.0 Å². The summed E-state index contributed by atoms with van der Waals surface area (Å²) in [5, 5.41) is 12.6. The number of hydrogen-bond acceptors (Lipinski definition) is 5. The molecule has 196 valence electrons. The number of carbonyl (C=O) groups excluding carboxylic acids is 2. The van der Waals surface area contributed by atoms with E-state index < -0.39 is 12.0 Å². The van der Waals surface area contributed by atoms with Crippen LogP contribution in [0, 0.1) is 0 Å². The number of rotatable bonds is 9. The van der Waals surface area contributed by atoms with E-state index in [2.05, 4.69) is 23.3 Å². The first-order valence-electron chi connectivity index (χ1n) is 12.9. The summed E-state index contributed by atoms with van der Waals surface area (Å²) < 4.78 is 0. The Labute approximate surface area is 218 Å². The Morgan fingerprint density at radius 2 is 1.92 bits per heavy atom. The van der Waals surface area contributed by atoms with Gasteiger partial charge in [-0.3, -0.25) is 14.4 Å². The van der Waals surface area contributed by atoms with Gasteiger partial charge in [-0.15, -0.1) is 0 Å². The third-order valence-corrected chi connectivity index (χ3v) is 7.17. The predicted molar refractivity (Wildman–Crippen MR) is 143 cm³/mol. The summed E-state index contributed by atoms with van der Waals surface area (Å²) in [7, 11) is 3.91. The molecule has 1 atom stereocenters. The van der Waals surface area contributed by atoms with Crippen molar-refractivity contribution in [3.05, 3.63) is 76.9 Å². The van der Waals surface area contributed by atoms with Gasteiger partial charge in [0.2, 0.25) is 5.91 Å². The van der Waals surface area contributed by atoms with E-state index in [0.717, 1.165) is 37.1 Å². The number of likely N-dealkylation sites (N-methyl/N-ethyl adjacent to an activating group) is 1. The second-order valence-corrected chi connectivity index (χ2v) is 10.0. The van der Waals surface area contributed by atoms with Crippen LogP contribution in [0.25, 0.3) is 0 Å². The monoisotopic (exact) mass is 504 g/mol. The van der Waals surface area contributed by atoms with Crippen LogP contribution in [0.4, 0.5) is 5.69 Å². The average molecular weight is 505 g/mol. The lowest BCUT2D eigenvalue weighted by molar-refractivity contribution is -0.141. The standard InChI is InChI=1S/C29H36N4O4/c1-31-14-10-22(11-15-31)12-16-32(2)28(36)23-8-9-24-20-33(17-13-21-6-4-3-5-7-21)29(37)26(19-27(34)35)30-25(24)18-23/h3-10,18,26,30H,11-17,19-20H2,1-2H3,(H,34,35)/t26-/m1/s1. The number of carboxylic acid groups (broad SMARTS) is 1. The number of benzene rings is 2. The van der Waals surface area contributed by atoms with Gasteiger partial charge >= 0.3 is 5.97 Å². The van der Waals surface area contributed by atoms with Crippen molar-refractivity contribution in [1.29, 1.82) is 0 Å². The van der Waals surface area contributed by atoms with Gasteiger partial charge in [0, 0.05) is 51.0 Å². The normalized spacial score (nSPS) is 17.9. The van der Waals surface area contributed by atoms with Gasteiger partial charge in [-0.2, -0.15) is 0 Å². The number of anilines is 1. The largest absolute Gasteiger partial charge is 0.481 e. The fourth-order valence-corrected chi connectivity index (χ4v) is 4.82. The maximum atomic E-state index is 13.3. The summed E-state index contributed by atoms with van der Waals surface area (Å²) in [6, 6.07) is 14.4. The van der Waals surface area contributed by atoms with E-state index in [-0.39, 0.29) is 18.2 Å². The summed E-state index contributed by atoms with van der Waals surface area (Å²) in [6.45, 7) is 3.46. The van der Waals surface area contributed by atoms with Gasteiger partial charge in [0.05, 0.1) is 6.42 Å². The summed E-state index contributed by atoms with van der Waals surface area (Å²) in [4.78, 5) is 43.7. The van der Waals surface area contributed by atoms with Crippen molar-refractivity contribution in [2.75, 3.05) is 45.6 Å². The molecule has 8 nitrogen and oxygen atoms in total. The van der Waals surface area contributed by atoms with E-state index in [9.17, 15) is 19.5 Å². The molecule has 0 bridgehead atoms. The molecular formula is C29H36N4O4. The summed E-state index contributed by atoms with van der Waals surface area (Å²) >= 11 is 0. The molecule has 0 fully saturated rings. The van der Waals surface area contributed by atoms with Gasteiger partial charge < -0.3 is 25.1 Å². The van der Waals surface area contributed by atoms with Crippen LogP contribution in [0.2, 0.25) is 0 Å². The first kappa shape index (κ1) is 26.4. The highest BCUT2D eigenvalue weighted by Crippen LogP contribution is 2.26. The fourth-order valence-electron chi connectivity index (χ4n) is 4.82. The quantitative estimate of drug-likeness (QED) is 0.510. The smallest absolute Gasteiger partial charge is 0.305 e. The summed E-state index contributed by atoms with van der Waals surface area (Å²) in [5.41, 5.74) is 4.52.